The summed E-state index contributed by atoms with van der Waals surface area (Å²) in [6.07, 6.45) is -3.38. The molecule has 1 heterocycles. The quantitative estimate of drug-likeness (QED) is 0.809. The Labute approximate surface area is 97.6 Å². The lowest BCUT2D eigenvalue weighted by molar-refractivity contribution is -0.199. The fourth-order valence-electron chi connectivity index (χ4n) is 2.36. The summed E-state index contributed by atoms with van der Waals surface area (Å²) in [4.78, 5) is 13.2. The third-order valence-electron chi connectivity index (χ3n) is 3.86. The second-order valence-corrected chi connectivity index (χ2v) is 5.00. The molecule has 1 amide bonds. The van der Waals surface area contributed by atoms with Crippen LogP contribution < -0.4 is 0 Å². The smallest absolute Gasteiger partial charge is 0.396 e. The first-order valence-corrected chi connectivity index (χ1v) is 5.88. The number of carbonyl (C=O) groups is 1. The molecule has 0 aromatic heterocycles. The maximum absolute atomic E-state index is 12.8. The van der Waals surface area contributed by atoms with Crippen molar-refractivity contribution in [2.75, 3.05) is 19.7 Å². The Balaban J connectivity index is 1.98. The summed E-state index contributed by atoms with van der Waals surface area (Å²) in [6.45, 7) is 0.718. The highest BCUT2D eigenvalue weighted by molar-refractivity contribution is 5.86. The van der Waals surface area contributed by atoms with Crippen LogP contribution in [0.5, 0.6) is 0 Å². The minimum absolute atomic E-state index is 0.0481. The highest BCUT2D eigenvalue weighted by atomic mass is 19.4. The fourth-order valence-corrected chi connectivity index (χ4v) is 2.36. The molecule has 0 unspecified atom stereocenters. The number of aliphatic hydroxyl groups excluding tert-OH is 1. The van der Waals surface area contributed by atoms with Crippen LogP contribution in [0.3, 0.4) is 0 Å². The number of aliphatic hydroxyl groups is 1. The van der Waals surface area contributed by atoms with Gasteiger partial charge in [-0.3, -0.25) is 4.79 Å². The molecule has 2 rings (SSSR count). The molecule has 0 spiro atoms. The van der Waals surface area contributed by atoms with Crippen LogP contribution in [0, 0.1) is 11.3 Å². The van der Waals surface area contributed by atoms with Gasteiger partial charge in [0.15, 0.2) is 0 Å². The lowest BCUT2D eigenvalue weighted by atomic mass is 9.95. The maximum atomic E-state index is 12.8. The van der Waals surface area contributed by atoms with Crippen LogP contribution in [-0.4, -0.2) is 41.8 Å². The third kappa shape index (κ3) is 2.14. The van der Waals surface area contributed by atoms with E-state index in [1.54, 1.807) is 0 Å². The molecule has 17 heavy (non-hydrogen) atoms. The Hall–Kier alpha value is -0.780. The number of likely N-dealkylation sites (tertiary alicyclic amines) is 1. The summed E-state index contributed by atoms with van der Waals surface area (Å²) < 4.78 is 38.3. The van der Waals surface area contributed by atoms with E-state index >= 15 is 0 Å². The zero-order chi connectivity index (χ0) is 12.7. The van der Waals surface area contributed by atoms with Gasteiger partial charge in [0.2, 0.25) is 5.91 Å². The molecule has 2 fully saturated rings. The van der Waals surface area contributed by atoms with E-state index in [1.807, 2.05) is 0 Å². The lowest BCUT2D eigenvalue weighted by Crippen LogP contribution is -2.47. The third-order valence-corrected chi connectivity index (χ3v) is 3.86. The number of rotatable bonds is 2. The molecule has 0 aromatic rings. The normalized spacial score (nSPS) is 24.8. The fraction of sp³-hybridized carbons (Fsp3) is 0.909. The monoisotopic (exact) mass is 251 g/mol. The highest BCUT2D eigenvalue weighted by Crippen LogP contribution is 2.58. The molecule has 0 bridgehead atoms. The van der Waals surface area contributed by atoms with Crippen LogP contribution in [0.25, 0.3) is 0 Å². The summed E-state index contributed by atoms with van der Waals surface area (Å²) in [5.74, 6) is -0.638. The van der Waals surface area contributed by atoms with Crippen molar-refractivity contribution < 1.29 is 23.1 Å². The summed E-state index contributed by atoms with van der Waals surface area (Å²) in [7, 11) is 0. The average Bonchev–Trinajstić information content (AvgIpc) is 3.08. The number of hydrogen-bond acceptors (Lipinski definition) is 2. The van der Waals surface area contributed by atoms with Crippen molar-refractivity contribution in [2.45, 2.75) is 31.9 Å². The van der Waals surface area contributed by atoms with E-state index in [9.17, 15) is 18.0 Å². The molecule has 1 saturated heterocycles. The number of piperidine rings is 1. The van der Waals surface area contributed by atoms with Crippen LogP contribution in [0.4, 0.5) is 13.2 Å². The summed E-state index contributed by atoms with van der Waals surface area (Å²) >= 11 is 0. The first kappa shape index (κ1) is 12.7. The molecule has 2 aliphatic rings. The van der Waals surface area contributed by atoms with E-state index in [0.29, 0.717) is 25.9 Å². The second-order valence-electron chi connectivity index (χ2n) is 5.00. The van der Waals surface area contributed by atoms with Gasteiger partial charge in [0.25, 0.3) is 0 Å². The SMILES string of the molecule is O=C(N1CCC(CO)CC1)C1(C(F)(F)F)CC1. The molecule has 1 aliphatic carbocycles. The molecular formula is C11H16F3NO2. The topological polar surface area (TPSA) is 40.5 Å². The molecular weight excluding hydrogens is 235 g/mol. The summed E-state index contributed by atoms with van der Waals surface area (Å²) in [6, 6.07) is 0. The Morgan fingerprint density at radius 3 is 2.18 bits per heavy atom. The van der Waals surface area contributed by atoms with Gasteiger partial charge >= 0.3 is 6.18 Å². The van der Waals surface area contributed by atoms with E-state index in [2.05, 4.69) is 0 Å². The van der Waals surface area contributed by atoms with E-state index in [-0.39, 0.29) is 25.4 Å². The van der Waals surface area contributed by atoms with E-state index in [1.165, 1.54) is 4.90 Å². The largest absolute Gasteiger partial charge is 0.403 e. The zero-order valence-corrected chi connectivity index (χ0v) is 9.46. The molecule has 1 saturated carbocycles. The van der Waals surface area contributed by atoms with Crippen LogP contribution in [0.1, 0.15) is 25.7 Å². The van der Waals surface area contributed by atoms with Gasteiger partial charge in [-0.1, -0.05) is 0 Å². The number of alkyl halides is 3. The maximum Gasteiger partial charge on any atom is 0.403 e. The second kappa shape index (κ2) is 4.15. The lowest BCUT2D eigenvalue weighted by Gasteiger charge is -2.34. The van der Waals surface area contributed by atoms with E-state index < -0.39 is 17.5 Å². The standard InChI is InChI=1S/C11H16F3NO2/c12-11(13,14)10(3-4-10)9(17)15-5-1-8(7-16)2-6-15/h8,16H,1-7H2. The Morgan fingerprint density at radius 1 is 1.29 bits per heavy atom. The molecule has 98 valence electrons. The van der Waals surface area contributed by atoms with Crippen molar-refractivity contribution in [3.8, 4) is 0 Å². The molecule has 1 N–H and O–H groups in total. The number of amides is 1. The molecule has 1 aliphatic heterocycles. The van der Waals surface area contributed by atoms with Gasteiger partial charge in [0.05, 0.1) is 0 Å². The minimum Gasteiger partial charge on any atom is -0.396 e. The van der Waals surface area contributed by atoms with Crippen LogP contribution in [0.15, 0.2) is 0 Å². The van der Waals surface area contributed by atoms with Crippen LogP contribution >= 0.6 is 0 Å². The number of carbonyl (C=O) groups excluding carboxylic acids is 1. The van der Waals surface area contributed by atoms with Gasteiger partial charge in [-0.2, -0.15) is 13.2 Å². The van der Waals surface area contributed by atoms with Gasteiger partial charge in [0, 0.05) is 19.7 Å². The number of halogens is 3. The highest BCUT2D eigenvalue weighted by Gasteiger charge is 2.69. The summed E-state index contributed by atoms with van der Waals surface area (Å²) in [5.41, 5.74) is -2.08. The van der Waals surface area contributed by atoms with E-state index in [4.69, 9.17) is 5.11 Å². The van der Waals surface area contributed by atoms with Crippen molar-refractivity contribution in [3.63, 3.8) is 0 Å². The van der Waals surface area contributed by atoms with Crippen molar-refractivity contribution >= 4 is 5.91 Å². The van der Waals surface area contributed by atoms with Gasteiger partial charge in [-0.15, -0.1) is 0 Å². The van der Waals surface area contributed by atoms with Gasteiger partial charge in [-0.25, -0.2) is 0 Å². The van der Waals surface area contributed by atoms with Gasteiger partial charge < -0.3 is 10.0 Å². The Kier molecular flexibility index (Phi) is 3.10. The first-order valence-electron chi connectivity index (χ1n) is 5.88. The van der Waals surface area contributed by atoms with Gasteiger partial charge in [0.1, 0.15) is 5.41 Å². The van der Waals surface area contributed by atoms with Crippen molar-refractivity contribution in [2.24, 2.45) is 11.3 Å². The van der Waals surface area contributed by atoms with Crippen LogP contribution in [-0.2, 0) is 4.79 Å². The zero-order valence-electron chi connectivity index (χ0n) is 9.46. The van der Waals surface area contributed by atoms with Crippen LogP contribution in [0.2, 0.25) is 0 Å². The predicted octanol–water partition coefficient (Wildman–Crippen LogP) is 1.56. The number of hydrogen-bond donors (Lipinski definition) is 1. The Morgan fingerprint density at radius 2 is 1.82 bits per heavy atom. The molecule has 3 nitrogen and oxygen atoms in total. The van der Waals surface area contributed by atoms with Crippen molar-refractivity contribution in [1.82, 2.24) is 4.90 Å². The molecule has 0 radical (unpaired) electrons. The van der Waals surface area contributed by atoms with Gasteiger partial charge in [-0.05, 0) is 31.6 Å². The van der Waals surface area contributed by atoms with E-state index in [0.717, 1.165) is 0 Å². The van der Waals surface area contributed by atoms with Crippen molar-refractivity contribution in [3.05, 3.63) is 0 Å². The first-order chi connectivity index (χ1) is 7.90. The molecule has 6 heteroatoms. The van der Waals surface area contributed by atoms with Crippen molar-refractivity contribution in [1.29, 1.82) is 0 Å². The Bertz CT molecular complexity index is 304. The predicted molar refractivity (Wildman–Crippen MR) is 54.1 cm³/mol. The number of nitrogens with zero attached hydrogens (tertiary/aromatic N) is 1. The summed E-state index contributed by atoms with van der Waals surface area (Å²) in [5, 5.41) is 8.93. The molecule has 0 aromatic carbocycles. The molecule has 0 atom stereocenters. The minimum atomic E-state index is -4.42. The average molecular weight is 251 g/mol.